The van der Waals surface area contributed by atoms with Crippen molar-refractivity contribution in [3.05, 3.63) is 65.2 Å². The van der Waals surface area contributed by atoms with Crippen LogP contribution in [0.5, 0.6) is 0 Å². The third-order valence-corrected chi connectivity index (χ3v) is 12.2. The highest BCUT2D eigenvalue weighted by Gasteiger charge is 2.51. The lowest BCUT2D eigenvalue weighted by atomic mass is 9.48. The molecule has 2 aromatic rings. The van der Waals surface area contributed by atoms with Gasteiger partial charge in [-0.2, -0.15) is 0 Å². The summed E-state index contributed by atoms with van der Waals surface area (Å²) in [5.74, 6) is 1.88. The van der Waals surface area contributed by atoms with Gasteiger partial charge in [-0.25, -0.2) is 8.42 Å². The second kappa shape index (κ2) is 12.5. The molecule has 5 aliphatic carbocycles. The van der Waals surface area contributed by atoms with Gasteiger partial charge in [0.15, 0.2) is 0 Å². The summed E-state index contributed by atoms with van der Waals surface area (Å²) in [7, 11) is -3.77. The summed E-state index contributed by atoms with van der Waals surface area (Å²) in [5, 5.41) is 3.16. The maximum absolute atomic E-state index is 14.0. The predicted molar refractivity (Wildman–Crippen MR) is 175 cm³/mol. The van der Waals surface area contributed by atoms with E-state index in [4.69, 9.17) is 0 Å². The highest BCUT2D eigenvalue weighted by atomic mass is 32.2. The molecule has 1 atom stereocenters. The Balaban J connectivity index is 1.22. The van der Waals surface area contributed by atoms with Crippen LogP contribution >= 0.6 is 0 Å². The van der Waals surface area contributed by atoms with Gasteiger partial charge < -0.3 is 10.2 Å². The van der Waals surface area contributed by atoms with Gasteiger partial charge in [0.05, 0.1) is 11.9 Å². The number of carbonyl (C=O) groups excluding carboxylic acids is 2. The zero-order valence-electron chi connectivity index (χ0n) is 26.6. The molecular formula is C36H49N3O4S. The first-order valence-electron chi connectivity index (χ1n) is 16.7. The van der Waals surface area contributed by atoms with Gasteiger partial charge in [0, 0.05) is 12.6 Å². The molecule has 2 amide bonds. The average Bonchev–Trinajstić information content (AvgIpc) is 2.97. The van der Waals surface area contributed by atoms with E-state index in [0.717, 1.165) is 60.8 Å². The summed E-state index contributed by atoms with van der Waals surface area (Å²) in [6.45, 7) is 3.61. The molecule has 0 radical (unpaired) electrons. The molecule has 0 saturated heterocycles. The molecule has 8 heteroatoms. The molecule has 7 nitrogen and oxygen atoms in total. The van der Waals surface area contributed by atoms with Crippen molar-refractivity contribution in [2.45, 2.75) is 109 Å². The van der Waals surface area contributed by atoms with E-state index in [0.29, 0.717) is 5.69 Å². The van der Waals surface area contributed by atoms with Crippen LogP contribution < -0.4 is 9.62 Å². The minimum Gasteiger partial charge on any atom is -0.352 e. The van der Waals surface area contributed by atoms with Gasteiger partial charge in [-0.3, -0.25) is 13.9 Å². The van der Waals surface area contributed by atoms with E-state index in [1.165, 1.54) is 59.7 Å². The van der Waals surface area contributed by atoms with Gasteiger partial charge in [0.25, 0.3) is 0 Å². The minimum atomic E-state index is -3.77. The van der Waals surface area contributed by atoms with Gasteiger partial charge in [-0.05, 0) is 112 Å². The van der Waals surface area contributed by atoms with E-state index in [-0.39, 0.29) is 30.5 Å². The highest BCUT2D eigenvalue weighted by Crippen LogP contribution is 2.60. The lowest BCUT2D eigenvalue weighted by Crippen LogP contribution is -2.53. The molecular weight excluding hydrogens is 570 g/mol. The Kier molecular flexibility index (Phi) is 8.84. The highest BCUT2D eigenvalue weighted by molar-refractivity contribution is 7.92. The Morgan fingerprint density at radius 2 is 1.55 bits per heavy atom. The first kappa shape index (κ1) is 31.1. The number of sulfonamides is 1. The van der Waals surface area contributed by atoms with Crippen molar-refractivity contribution in [1.82, 2.24) is 10.2 Å². The Morgan fingerprint density at radius 3 is 2.11 bits per heavy atom. The maximum Gasteiger partial charge on any atom is 0.244 e. The van der Waals surface area contributed by atoms with Crippen molar-refractivity contribution in [2.75, 3.05) is 17.1 Å². The largest absolute Gasteiger partial charge is 0.352 e. The number of nitrogens with zero attached hydrogens (tertiary/aromatic N) is 2. The second-order valence-corrected chi connectivity index (χ2v) is 16.5. The summed E-state index contributed by atoms with van der Waals surface area (Å²) in [6, 6.07) is 15.2. The molecule has 4 bridgehead atoms. The third kappa shape index (κ3) is 6.70. The second-order valence-electron chi connectivity index (χ2n) is 14.5. The number of benzene rings is 2. The summed E-state index contributed by atoms with van der Waals surface area (Å²) in [6.07, 6.45) is 14.3. The third-order valence-electron chi connectivity index (χ3n) is 11.0. The SMILES string of the molecule is Cc1cccc(CN(C(=O)CN(c2ccc(C34CC5CC(CC(C5)C3)C4)cc2)S(C)(=O)=O)[C@H](C)C(=O)NC2CCCCC2)c1. The molecule has 5 aliphatic rings. The Labute approximate surface area is 263 Å². The van der Waals surface area contributed by atoms with Crippen molar-refractivity contribution >= 4 is 27.5 Å². The average molecular weight is 620 g/mol. The minimum absolute atomic E-state index is 0.120. The molecule has 1 N–H and O–H groups in total. The Morgan fingerprint density at radius 1 is 0.932 bits per heavy atom. The summed E-state index contributed by atoms with van der Waals surface area (Å²) >= 11 is 0. The van der Waals surface area contributed by atoms with Crippen molar-refractivity contribution in [3.63, 3.8) is 0 Å². The molecule has 7 rings (SSSR count). The lowest BCUT2D eigenvalue weighted by Gasteiger charge is -2.57. The van der Waals surface area contributed by atoms with E-state index in [2.05, 4.69) is 17.4 Å². The molecule has 0 spiro atoms. The number of aryl methyl sites for hydroxylation is 1. The predicted octanol–water partition coefficient (Wildman–Crippen LogP) is 6.10. The van der Waals surface area contributed by atoms with Crippen LogP contribution in [0, 0.1) is 24.7 Å². The van der Waals surface area contributed by atoms with E-state index in [9.17, 15) is 18.0 Å². The quantitative estimate of drug-likeness (QED) is 0.349. The first-order valence-corrected chi connectivity index (χ1v) is 18.6. The van der Waals surface area contributed by atoms with E-state index < -0.39 is 22.0 Å². The number of hydrogen-bond acceptors (Lipinski definition) is 4. The molecule has 5 fully saturated rings. The number of hydrogen-bond donors (Lipinski definition) is 1. The number of anilines is 1. The summed E-state index contributed by atoms with van der Waals surface area (Å²) < 4.78 is 27.5. The molecule has 44 heavy (non-hydrogen) atoms. The summed E-state index contributed by atoms with van der Waals surface area (Å²) in [5.41, 5.74) is 3.98. The zero-order chi connectivity index (χ0) is 31.1. The van der Waals surface area contributed by atoms with Crippen molar-refractivity contribution in [1.29, 1.82) is 0 Å². The zero-order valence-corrected chi connectivity index (χ0v) is 27.5. The molecule has 238 valence electrons. The molecule has 0 aromatic heterocycles. The summed E-state index contributed by atoms with van der Waals surface area (Å²) in [4.78, 5) is 29.0. The monoisotopic (exact) mass is 619 g/mol. The van der Waals surface area contributed by atoms with Gasteiger partial charge in [0.1, 0.15) is 12.6 Å². The molecule has 5 saturated carbocycles. The van der Waals surface area contributed by atoms with Crippen molar-refractivity contribution in [3.8, 4) is 0 Å². The van der Waals surface area contributed by atoms with Crippen molar-refractivity contribution in [2.24, 2.45) is 17.8 Å². The van der Waals surface area contributed by atoms with Gasteiger partial charge >= 0.3 is 0 Å². The number of rotatable bonds is 10. The molecule has 2 aromatic carbocycles. The van der Waals surface area contributed by atoms with Crippen LogP contribution in [-0.4, -0.2) is 50.0 Å². The van der Waals surface area contributed by atoms with Crippen LogP contribution in [0.2, 0.25) is 0 Å². The molecule has 0 heterocycles. The normalized spacial score (nSPS) is 27.1. The number of amides is 2. The van der Waals surface area contributed by atoms with Crippen LogP contribution in [0.4, 0.5) is 5.69 Å². The first-order chi connectivity index (χ1) is 21.0. The van der Waals surface area contributed by atoms with E-state index in [1.807, 2.05) is 43.3 Å². The van der Waals surface area contributed by atoms with Crippen LogP contribution in [-0.2, 0) is 31.6 Å². The smallest absolute Gasteiger partial charge is 0.244 e. The van der Waals surface area contributed by atoms with Gasteiger partial charge in [-0.15, -0.1) is 0 Å². The van der Waals surface area contributed by atoms with Gasteiger partial charge in [-0.1, -0.05) is 61.2 Å². The number of nitrogens with one attached hydrogen (secondary N) is 1. The van der Waals surface area contributed by atoms with E-state index in [1.54, 1.807) is 6.92 Å². The van der Waals surface area contributed by atoms with Crippen molar-refractivity contribution < 1.29 is 18.0 Å². The standard InChI is InChI=1S/C36H49N3O4S/c1-25-8-7-9-27(16-25)23-38(26(2)35(41)37-32-10-5-4-6-11-32)34(40)24-39(44(3,42)43)33-14-12-31(13-15-33)36-20-28-17-29(21-36)19-30(18-28)22-36/h7-9,12-16,26,28-30,32H,4-6,10-11,17-24H2,1-3H3,(H,37,41)/t26-,28?,29?,30?,36?/m1/s1. The lowest BCUT2D eigenvalue weighted by molar-refractivity contribution is -0.139. The van der Waals surface area contributed by atoms with Crippen LogP contribution in [0.25, 0.3) is 0 Å². The fourth-order valence-corrected chi connectivity index (χ4v) is 10.1. The van der Waals surface area contributed by atoms with Crippen LogP contribution in [0.1, 0.15) is 94.2 Å². The van der Waals surface area contributed by atoms with Gasteiger partial charge in [0.2, 0.25) is 21.8 Å². The maximum atomic E-state index is 14.0. The Bertz CT molecular complexity index is 1430. The van der Waals surface area contributed by atoms with Crippen LogP contribution in [0.3, 0.4) is 0 Å². The number of carbonyl (C=O) groups is 2. The Hall–Kier alpha value is -2.87. The molecule has 0 aliphatic heterocycles. The topological polar surface area (TPSA) is 86.8 Å². The van der Waals surface area contributed by atoms with Crippen LogP contribution in [0.15, 0.2) is 48.5 Å². The molecule has 0 unspecified atom stereocenters. The fraction of sp³-hybridized carbons (Fsp3) is 0.611. The fourth-order valence-electron chi connectivity index (χ4n) is 9.22. The van der Waals surface area contributed by atoms with E-state index >= 15 is 0 Å².